The Morgan fingerprint density at radius 1 is 1.33 bits per heavy atom. The molecule has 1 aromatic carbocycles. The third kappa shape index (κ3) is 2.10. The first-order valence-electron chi connectivity index (χ1n) is 6.30. The van der Waals surface area contributed by atoms with Gasteiger partial charge < -0.3 is 4.98 Å². The minimum absolute atomic E-state index is 0.137. The number of hydrogen-bond donors (Lipinski definition) is 1. The van der Waals surface area contributed by atoms with Crippen molar-refractivity contribution in [3.05, 3.63) is 56.9 Å². The van der Waals surface area contributed by atoms with Crippen LogP contribution < -0.4 is 5.56 Å². The van der Waals surface area contributed by atoms with E-state index in [1.807, 2.05) is 25.1 Å². The topological polar surface area (TPSA) is 74.5 Å². The fraction of sp³-hybridized carbons (Fsp3) is 0.133. The second-order valence-electron chi connectivity index (χ2n) is 4.80. The third-order valence-corrected chi connectivity index (χ3v) is 3.71. The average Bonchev–Trinajstić information content (AvgIpc) is 2.74. The number of H-pyrrole nitrogens is 1. The van der Waals surface area contributed by atoms with Gasteiger partial charge in [-0.05, 0) is 37.6 Å². The van der Waals surface area contributed by atoms with Crippen molar-refractivity contribution in [2.75, 3.05) is 0 Å². The van der Waals surface area contributed by atoms with Crippen LogP contribution in [0.15, 0.2) is 29.1 Å². The predicted molar refractivity (Wildman–Crippen MR) is 80.9 cm³/mol. The van der Waals surface area contributed by atoms with Crippen molar-refractivity contribution in [1.29, 1.82) is 5.26 Å². The summed E-state index contributed by atoms with van der Waals surface area (Å²) in [6.45, 7) is 3.70. The second kappa shape index (κ2) is 4.76. The molecule has 21 heavy (non-hydrogen) atoms. The number of rotatable bonds is 1. The number of hydrogen-bond acceptors (Lipinski definition) is 3. The number of nitrogens with one attached hydrogen (secondary N) is 1. The lowest BCUT2D eigenvalue weighted by molar-refractivity contribution is 0.975. The molecule has 0 radical (unpaired) electrons. The molecular weight excluding hydrogens is 288 g/mol. The van der Waals surface area contributed by atoms with Crippen molar-refractivity contribution < 1.29 is 0 Å². The lowest BCUT2D eigenvalue weighted by Crippen LogP contribution is -2.05. The Hall–Kier alpha value is -2.58. The fourth-order valence-corrected chi connectivity index (χ4v) is 2.74. The molecule has 0 atom stereocenters. The van der Waals surface area contributed by atoms with Crippen LogP contribution in [0.1, 0.15) is 17.1 Å². The number of imidazole rings is 1. The van der Waals surface area contributed by atoms with Crippen LogP contribution in [0.2, 0.25) is 5.15 Å². The van der Waals surface area contributed by atoms with Gasteiger partial charge in [-0.15, -0.1) is 0 Å². The van der Waals surface area contributed by atoms with Gasteiger partial charge in [0.15, 0.2) is 10.8 Å². The summed E-state index contributed by atoms with van der Waals surface area (Å²) in [6, 6.07) is 9.02. The molecule has 5 nitrogen and oxygen atoms in total. The van der Waals surface area contributed by atoms with Crippen LogP contribution >= 0.6 is 11.6 Å². The first-order valence-corrected chi connectivity index (χ1v) is 6.68. The van der Waals surface area contributed by atoms with Gasteiger partial charge in [-0.2, -0.15) is 5.26 Å². The van der Waals surface area contributed by atoms with E-state index >= 15 is 0 Å². The van der Waals surface area contributed by atoms with Gasteiger partial charge in [-0.25, -0.2) is 4.98 Å². The van der Waals surface area contributed by atoms with Crippen molar-refractivity contribution in [1.82, 2.24) is 14.5 Å². The van der Waals surface area contributed by atoms with Crippen molar-refractivity contribution in [3.8, 4) is 11.8 Å². The van der Waals surface area contributed by atoms with E-state index in [-0.39, 0.29) is 16.4 Å². The zero-order chi connectivity index (χ0) is 15.1. The van der Waals surface area contributed by atoms with Gasteiger partial charge in [-0.1, -0.05) is 11.6 Å². The number of aromatic amines is 1. The van der Waals surface area contributed by atoms with Crippen LogP contribution in [0.4, 0.5) is 0 Å². The zero-order valence-electron chi connectivity index (χ0n) is 11.4. The monoisotopic (exact) mass is 298 g/mol. The van der Waals surface area contributed by atoms with E-state index in [1.54, 1.807) is 17.6 Å². The van der Waals surface area contributed by atoms with Crippen molar-refractivity contribution in [2.24, 2.45) is 0 Å². The molecule has 0 bridgehead atoms. The number of fused-ring (bicyclic) bond motifs is 1. The van der Waals surface area contributed by atoms with Crippen LogP contribution in [0.25, 0.3) is 16.6 Å². The van der Waals surface area contributed by atoms with Crippen molar-refractivity contribution in [3.63, 3.8) is 0 Å². The van der Waals surface area contributed by atoms with Gasteiger partial charge in [0.05, 0.1) is 5.52 Å². The molecule has 0 fully saturated rings. The zero-order valence-corrected chi connectivity index (χ0v) is 12.2. The largest absolute Gasteiger partial charge is 0.322 e. The number of nitrogens with zero attached hydrogens (tertiary/aromatic N) is 3. The molecule has 3 rings (SSSR count). The minimum Gasteiger partial charge on any atom is -0.322 e. The van der Waals surface area contributed by atoms with Gasteiger partial charge in [0.25, 0.3) is 0 Å². The molecule has 2 aromatic heterocycles. The molecule has 0 aliphatic carbocycles. The Labute approximate surface area is 125 Å². The lowest BCUT2D eigenvalue weighted by atomic mass is 10.1. The Morgan fingerprint density at radius 3 is 2.76 bits per heavy atom. The number of halogens is 1. The molecule has 1 N–H and O–H groups in total. The first kappa shape index (κ1) is 13.4. The maximum atomic E-state index is 11.4. The summed E-state index contributed by atoms with van der Waals surface area (Å²) in [5, 5.41) is 10.2. The van der Waals surface area contributed by atoms with Gasteiger partial charge in [-0.3, -0.25) is 9.36 Å². The molecule has 104 valence electrons. The summed E-state index contributed by atoms with van der Waals surface area (Å²) < 4.78 is 1.72. The maximum Gasteiger partial charge on any atom is 0.248 e. The van der Waals surface area contributed by atoms with Gasteiger partial charge in [0.2, 0.25) is 5.56 Å². The quantitative estimate of drug-likeness (QED) is 0.750. The number of benzene rings is 1. The van der Waals surface area contributed by atoms with E-state index in [0.717, 1.165) is 22.2 Å². The molecular formula is C15H11ClN4O. The standard InChI is InChI=1S/C15H11ClN4O/c1-8-5-11(6-10-3-4-13(21)19-14(8)10)20-9(2)18-12(7-17)15(20)16/h3-6H,1-2H3,(H,19,21). The van der Waals surface area contributed by atoms with Gasteiger partial charge in [0, 0.05) is 17.1 Å². The van der Waals surface area contributed by atoms with Crippen molar-refractivity contribution >= 4 is 22.5 Å². The highest BCUT2D eigenvalue weighted by atomic mass is 35.5. The molecule has 0 aliphatic rings. The molecule has 0 saturated heterocycles. The number of pyridine rings is 1. The van der Waals surface area contributed by atoms with Crippen LogP contribution in [0, 0.1) is 25.2 Å². The van der Waals surface area contributed by atoms with E-state index in [1.165, 1.54) is 6.07 Å². The highest BCUT2D eigenvalue weighted by molar-refractivity contribution is 6.30. The SMILES string of the molecule is Cc1cc(-n2c(C)nc(C#N)c2Cl)cc2ccc(=O)[nH]c12. The van der Waals surface area contributed by atoms with E-state index in [0.29, 0.717) is 5.82 Å². The third-order valence-electron chi connectivity index (χ3n) is 3.37. The summed E-state index contributed by atoms with van der Waals surface area (Å²) in [6.07, 6.45) is 0. The van der Waals surface area contributed by atoms with Crippen molar-refractivity contribution in [2.45, 2.75) is 13.8 Å². The van der Waals surface area contributed by atoms with Crippen LogP contribution in [0.5, 0.6) is 0 Å². The average molecular weight is 299 g/mol. The summed E-state index contributed by atoms with van der Waals surface area (Å²) in [5.41, 5.74) is 2.59. The molecule has 0 aliphatic heterocycles. The Kier molecular flexibility index (Phi) is 3.04. The summed E-state index contributed by atoms with van der Waals surface area (Å²) in [4.78, 5) is 18.4. The summed E-state index contributed by atoms with van der Waals surface area (Å²) >= 11 is 6.21. The highest BCUT2D eigenvalue weighted by Crippen LogP contribution is 2.26. The molecule has 0 amide bonds. The molecule has 3 aromatic rings. The minimum atomic E-state index is -0.137. The van der Waals surface area contributed by atoms with E-state index in [2.05, 4.69) is 9.97 Å². The highest BCUT2D eigenvalue weighted by Gasteiger charge is 2.15. The van der Waals surface area contributed by atoms with E-state index in [9.17, 15) is 4.79 Å². The predicted octanol–water partition coefficient (Wildman–Crippen LogP) is 2.86. The lowest BCUT2D eigenvalue weighted by Gasteiger charge is -2.10. The molecule has 2 heterocycles. The Balaban J connectivity index is 2.32. The number of aromatic nitrogens is 3. The molecule has 0 spiro atoms. The number of aryl methyl sites for hydroxylation is 2. The maximum absolute atomic E-state index is 11.4. The smallest absolute Gasteiger partial charge is 0.248 e. The van der Waals surface area contributed by atoms with Crippen LogP contribution in [0.3, 0.4) is 0 Å². The van der Waals surface area contributed by atoms with Crippen LogP contribution in [-0.2, 0) is 0 Å². The van der Waals surface area contributed by atoms with Crippen LogP contribution in [-0.4, -0.2) is 14.5 Å². The Morgan fingerprint density at radius 2 is 2.10 bits per heavy atom. The van der Waals surface area contributed by atoms with Gasteiger partial charge in [0.1, 0.15) is 11.9 Å². The summed E-state index contributed by atoms with van der Waals surface area (Å²) in [7, 11) is 0. The second-order valence-corrected chi connectivity index (χ2v) is 5.15. The van der Waals surface area contributed by atoms with E-state index in [4.69, 9.17) is 16.9 Å². The fourth-order valence-electron chi connectivity index (χ4n) is 2.43. The Bertz CT molecular complexity index is 962. The molecule has 0 saturated carbocycles. The normalized spacial score (nSPS) is 10.8. The van der Waals surface area contributed by atoms with E-state index < -0.39 is 0 Å². The summed E-state index contributed by atoms with van der Waals surface area (Å²) in [5.74, 6) is 0.639. The van der Waals surface area contributed by atoms with Gasteiger partial charge >= 0.3 is 0 Å². The first-order chi connectivity index (χ1) is 10.0. The number of nitriles is 1. The molecule has 6 heteroatoms. The molecule has 0 unspecified atom stereocenters.